The van der Waals surface area contributed by atoms with Crippen LogP contribution in [-0.4, -0.2) is 28.0 Å². The highest BCUT2D eigenvalue weighted by Crippen LogP contribution is 2.38. The highest BCUT2D eigenvalue weighted by atomic mass is 16.6. The molecule has 2 aliphatic rings. The van der Waals surface area contributed by atoms with E-state index in [9.17, 15) is 10.1 Å². The number of fused-ring (bicyclic) bond motifs is 1. The van der Waals surface area contributed by atoms with Crippen LogP contribution < -0.4 is 16.2 Å². The molecule has 1 aliphatic heterocycles. The van der Waals surface area contributed by atoms with Crippen LogP contribution in [0.3, 0.4) is 0 Å². The van der Waals surface area contributed by atoms with Crippen molar-refractivity contribution in [2.75, 3.05) is 23.4 Å². The first-order valence-electron chi connectivity index (χ1n) is 7.42. The van der Waals surface area contributed by atoms with Gasteiger partial charge in [0.05, 0.1) is 4.92 Å². The maximum Gasteiger partial charge on any atom is 0.329 e. The summed E-state index contributed by atoms with van der Waals surface area (Å²) in [5, 5.41) is 11.2. The number of hydrogen-bond donors (Lipinski definition) is 2. The highest BCUT2D eigenvalue weighted by Gasteiger charge is 2.34. The average Bonchev–Trinajstić information content (AvgIpc) is 2.53. The Morgan fingerprint density at radius 3 is 2.81 bits per heavy atom. The third-order valence-corrected chi connectivity index (χ3v) is 4.67. The van der Waals surface area contributed by atoms with Gasteiger partial charge in [0, 0.05) is 13.1 Å². The van der Waals surface area contributed by atoms with E-state index in [1.165, 1.54) is 31.9 Å². The lowest BCUT2D eigenvalue weighted by atomic mass is 9.75. The van der Waals surface area contributed by atoms with Crippen molar-refractivity contribution in [3.8, 4) is 0 Å². The summed E-state index contributed by atoms with van der Waals surface area (Å²) in [5.41, 5.74) is 2.30. The summed E-state index contributed by atoms with van der Waals surface area (Å²) < 4.78 is 0. The number of nitrogen functional groups attached to an aromatic ring is 1. The molecule has 114 valence electrons. The average molecular weight is 292 g/mol. The van der Waals surface area contributed by atoms with Crippen molar-refractivity contribution in [3.63, 3.8) is 0 Å². The molecule has 0 bridgehead atoms. The molecule has 0 aromatic carbocycles. The monoisotopic (exact) mass is 292 g/mol. The van der Waals surface area contributed by atoms with Gasteiger partial charge in [0.2, 0.25) is 11.8 Å². The van der Waals surface area contributed by atoms with Gasteiger partial charge in [-0.25, -0.2) is 10.8 Å². The summed E-state index contributed by atoms with van der Waals surface area (Å²) >= 11 is 0. The van der Waals surface area contributed by atoms with Crippen LogP contribution in [0.25, 0.3) is 0 Å². The van der Waals surface area contributed by atoms with Crippen molar-refractivity contribution in [1.82, 2.24) is 9.97 Å². The number of aromatic nitrogens is 2. The van der Waals surface area contributed by atoms with Gasteiger partial charge in [0.15, 0.2) is 0 Å². The van der Waals surface area contributed by atoms with Crippen LogP contribution in [0.1, 0.15) is 32.1 Å². The summed E-state index contributed by atoms with van der Waals surface area (Å²) in [5.74, 6) is 7.30. The molecule has 2 atom stereocenters. The smallest absolute Gasteiger partial charge is 0.329 e. The second-order valence-corrected chi connectivity index (χ2v) is 5.84. The van der Waals surface area contributed by atoms with Crippen molar-refractivity contribution < 1.29 is 4.92 Å². The van der Waals surface area contributed by atoms with Gasteiger partial charge in [-0.05, 0) is 24.7 Å². The van der Waals surface area contributed by atoms with Gasteiger partial charge in [0.1, 0.15) is 6.20 Å². The fraction of sp³-hybridized carbons (Fsp3) is 0.692. The van der Waals surface area contributed by atoms with E-state index in [0.29, 0.717) is 11.7 Å². The zero-order valence-electron chi connectivity index (χ0n) is 11.9. The molecular weight excluding hydrogens is 272 g/mol. The van der Waals surface area contributed by atoms with Crippen LogP contribution in [-0.2, 0) is 0 Å². The molecule has 1 saturated carbocycles. The molecular formula is C13H20N6O2. The van der Waals surface area contributed by atoms with Crippen molar-refractivity contribution in [2.45, 2.75) is 32.1 Å². The molecule has 2 fully saturated rings. The Morgan fingerprint density at radius 1 is 1.33 bits per heavy atom. The number of anilines is 2. The number of hydrazine groups is 1. The van der Waals surface area contributed by atoms with Crippen LogP contribution in [0.4, 0.5) is 17.5 Å². The molecule has 8 nitrogen and oxygen atoms in total. The molecule has 21 heavy (non-hydrogen) atoms. The Bertz CT molecular complexity index is 537. The third kappa shape index (κ3) is 2.76. The van der Waals surface area contributed by atoms with Gasteiger partial charge >= 0.3 is 5.69 Å². The van der Waals surface area contributed by atoms with Crippen molar-refractivity contribution in [2.24, 2.45) is 17.7 Å². The van der Waals surface area contributed by atoms with Gasteiger partial charge < -0.3 is 4.90 Å². The van der Waals surface area contributed by atoms with Crippen LogP contribution in [0.5, 0.6) is 0 Å². The van der Waals surface area contributed by atoms with E-state index in [4.69, 9.17) is 5.84 Å². The Morgan fingerprint density at radius 2 is 2.10 bits per heavy atom. The molecule has 1 aliphatic carbocycles. The molecule has 1 aromatic rings. The van der Waals surface area contributed by atoms with E-state index < -0.39 is 4.92 Å². The van der Waals surface area contributed by atoms with E-state index in [1.54, 1.807) is 0 Å². The van der Waals surface area contributed by atoms with Gasteiger partial charge in [-0.1, -0.05) is 19.3 Å². The van der Waals surface area contributed by atoms with Gasteiger partial charge in [-0.15, -0.1) is 0 Å². The highest BCUT2D eigenvalue weighted by molar-refractivity contribution is 5.59. The topological polar surface area (TPSA) is 110 Å². The number of nitro groups is 1. The number of nitrogens with one attached hydrogen (secondary N) is 1. The van der Waals surface area contributed by atoms with Crippen molar-refractivity contribution in [1.29, 1.82) is 0 Å². The Kier molecular flexibility index (Phi) is 3.87. The molecule has 3 N–H and O–H groups in total. The minimum Gasteiger partial charge on any atom is -0.350 e. The largest absolute Gasteiger partial charge is 0.350 e. The molecule has 1 aromatic heterocycles. The molecule has 1 saturated heterocycles. The molecule has 8 heteroatoms. The molecule has 0 spiro atoms. The maximum absolute atomic E-state index is 11.2. The van der Waals surface area contributed by atoms with Crippen molar-refractivity contribution >= 4 is 17.5 Å². The second-order valence-electron chi connectivity index (χ2n) is 5.84. The van der Waals surface area contributed by atoms with E-state index in [1.807, 2.05) is 4.90 Å². The molecule has 0 radical (unpaired) electrons. The maximum atomic E-state index is 11.2. The number of rotatable bonds is 3. The SMILES string of the molecule is NNc1ncc([N+](=O)[O-])c(N2CCC3CCCCC3C2)n1. The summed E-state index contributed by atoms with van der Waals surface area (Å²) in [7, 11) is 0. The first kappa shape index (κ1) is 14.0. The zero-order chi connectivity index (χ0) is 14.8. The zero-order valence-corrected chi connectivity index (χ0v) is 11.9. The van der Waals surface area contributed by atoms with Gasteiger partial charge in [0.25, 0.3) is 0 Å². The number of nitrogens with two attached hydrogens (primary N) is 1. The summed E-state index contributed by atoms with van der Waals surface area (Å²) in [4.78, 5) is 20.8. The third-order valence-electron chi connectivity index (χ3n) is 4.67. The van der Waals surface area contributed by atoms with Crippen molar-refractivity contribution in [3.05, 3.63) is 16.3 Å². The van der Waals surface area contributed by atoms with Crippen LogP contribution in [0, 0.1) is 22.0 Å². The number of piperidine rings is 1. The van der Waals surface area contributed by atoms with Crippen LogP contribution in [0.15, 0.2) is 6.20 Å². The van der Waals surface area contributed by atoms with E-state index >= 15 is 0 Å². The minimum absolute atomic E-state index is 0.0525. The standard InChI is InChI=1S/C13H20N6O2/c14-17-13-15-7-11(19(20)21)12(16-13)18-6-5-9-3-1-2-4-10(9)8-18/h7,9-10H,1-6,8,14H2,(H,15,16,17). The summed E-state index contributed by atoms with van der Waals surface area (Å²) in [6.45, 7) is 1.65. The predicted octanol–water partition coefficient (Wildman–Crippen LogP) is 1.69. The molecule has 2 heterocycles. The summed E-state index contributed by atoms with van der Waals surface area (Å²) in [6.07, 6.45) is 7.39. The normalized spacial score (nSPS) is 25.3. The Balaban J connectivity index is 1.86. The Hall–Kier alpha value is -1.96. The first-order valence-corrected chi connectivity index (χ1v) is 7.42. The lowest BCUT2D eigenvalue weighted by Crippen LogP contribution is -2.42. The van der Waals surface area contributed by atoms with Gasteiger partial charge in [-0.3, -0.25) is 15.5 Å². The van der Waals surface area contributed by atoms with Crippen LogP contribution >= 0.6 is 0 Å². The van der Waals surface area contributed by atoms with E-state index in [2.05, 4.69) is 15.4 Å². The first-order chi connectivity index (χ1) is 10.2. The van der Waals surface area contributed by atoms with Crippen LogP contribution in [0.2, 0.25) is 0 Å². The number of nitrogens with zero attached hydrogens (tertiary/aromatic N) is 4. The molecule has 3 rings (SSSR count). The lowest BCUT2D eigenvalue weighted by molar-refractivity contribution is -0.384. The lowest BCUT2D eigenvalue weighted by Gasteiger charge is -2.41. The summed E-state index contributed by atoms with van der Waals surface area (Å²) in [6, 6.07) is 0. The minimum atomic E-state index is -0.428. The Labute approximate surface area is 122 Å². The number of hydrogen-bond acceptors (Lipinski definition) is 7. The molecule has 0 amide bonds. The van der Waals surface area contributed by atoms with E-state index in [0.717, 1.165) is 25.4 Å². The quantitative estimate of drug-likeness (QED) is 0.495. The fourth-order valence-electron chi connectivity index (χ4n) is 3.59. The van der Waals surface area contributed by atoms with Gasteiger partial charge in [-0.2, -0.15) is 4.98 Å². The molecule has 2 unspecified atom stereocenters. The predicted molar refractivity (Wildman–Crippen MR) is 78.8 cm³/mol. The second kappa shape index (κ2) is 5.80. The van der Waals surface area contributed by atoms with E-state index in [-0.39, 0.29) is 11.6 Å². The fourth-order valence-corrected chi connectivity index (χ4v) is 3.59.